The van der Waals surface area contributed by atoms with E-state index in [2.05, 4.69) is 15.9 Å². The predicted octanol–water partition coefficient (Wildman–Crippen LogP) is 3.40. The Kier molecular flexibility index (Phi) is 6.51. The Morgan fingerprint density at radius 2 is 1.64 bits per heavy atom. The molecule has 1 saturated heterocycles. The van der Waals surface area contributed by atoms with Gasteiger partial charge >= 0.3 is 5.76 Å². The number of halogens is 2. The molecule has 0 unspecified atom stereocenters. The van der Waals surface area contributed by atoms with E-state index in [0.29, 0.717) is 13.2 Å². The van der Waals surface area contributed by atoms with Crippen LogP contribution in [0.2, 0.25) is 0 Å². The van der Waals surface area contributed by atoms with Gasteiger partial charge in [-0.1, -0.05) is 24.3 Å². The molecule has 1 heterocycles. The number of para-hydroxylation sites is 2. The number of benzene rings is 2. The summed E-state index contributed by atoms with van der Waals surface area (Å²) in [5.74, 6) is -2.51. The van der Waals surface area contributed by atoms with E-state index in [1.165, 1.54) is 12.1 Å². The van der Waals surface area contributed by atoms with E-state index in [4.69, 9.17) is 4.74 Å². The van der Waals surface area contributed by atoms with Gasteiger partial charge in [0.2, 0.25) is 9.84 Å². The maximum Gasteiger partial charge on any atom is 0.341 e. The number of anilines is 1. The molecule has 8 heteroatoms. The fourth-order valence-corrected chi connectivity index (χ4v) is 4.01. The standard InChI is InChI=1S/C20H24F2N2O3S/c1-2-27-19-6-4-3-5-18(19)24-13-11-23(12-14-24)15-16-7-9-17(10-8-16)28(25,26)20(21)22/h3-10,20H,2,11-15H2,1H3. The summed E-state index contributed by atoms with van der Waals surface area (Å²) in [7, 11) is -4.54. The summed E-state index contributed by atoms with van der Waals surface area (Å²) in [6, 6.07) is 13.7. The molecule has 3 rings (SSSR count). The molecule has 0 aromatic heterocycles. The molecule has 1 aliphatic rings. The van der Waals surface area contributed by atoms with Crippen LogP contribution >= 0.6 is 0 Å². The number of rotatable bonds is 7. The maximum atomic E-state index is 12.6. The zero-order valence-corrected chi connectivity index (χ0v) is 16.5. The van der Waals surface area contributed by atoms with Crippen LogP contribution in [0.25, 0.3) is 0 Å². The van der Waals surface area contributed by atoms with Gasteiger partial charge in [-0.25, -0.2) is 8.42 Å². The van der Waals surface area contributed by atoms with Gasteiger partial charge in [-0.05, 0) is 36.8 Å². The third-order valence-electron chi connectivity index (χ3n) is 4.77. The van der Waals surface area contributed by atoms with Crippen LogP contribution in [0.4, 0.5) is 14.5 Å². The Bertz CT molecular complexity index is 881. The quantitative estimate of drug-likeness (QED) is 0.700. The Balaban J connectivity index is 1.59. The number of nitrogens with zero attached hydrogens (tertiary/aromatic N) is 2. The van der Waals surface area contributed by atoms with Crippen LogP contribution in [0.1, 0.15) is 12.5 Å². The number of hydrogen-bond acceptors (Lipinski definition) is 5. The highest BCUT2D eigenvalue weighted by Gasteiger charge is 2.26. The monoisotopic (exact) mass is 410 g/mol. The van der Waals surface area contributed by atoms with Gasteiger partial charge in [0.1, 0.15) is 5.75 Å². The number of hydrogen-bond donors (Lipinski definition) is 0. The number of piperazine rings is 1. The maximum absolute atomic E-state index is 12.6. The van der Waals surface area contributed by atoms with Crippen LogP contribution in [0, 0.1) is 0 Å². The zero-order valence-electron chi connectivity index (χ0n) is 15.7. The Morgan fingerprint density at radius 1 is 1.00 bits per heavy atom. The first-order valence-corrected chi connectivity index (χ1v) is 10.8. The minimum atomic E-state index is -4.54. The molecule has 28 heavy (non-hydrogen) atoms. The summed E-state index contributed by atoms with van der Waals surface area (Å²) >= 11 is 0. The third kappa shape index (κ3) is 4.62. The molecule has 152 valence electrons. The van der Waals surface area contributed by atoms with Crippen molar-refractivity contribution in [1.29, 1.82) is 0 Å². The molecule has 0 N–H and O–H groups in total. The van der Waals surface area contributed by atoms with Crippen molar-refractivity contribution in [2.75, 3.05) is 37.7 Å². The minimum absolute atomic E-state index is 0.344. The highest BCUT2D eigenvalue weighted by molar-refractivity contribution is 7.91. The molecule has 0 radical (unpaired) electrons. The first-order valence-electron chi connectivity index (χ1n) is 9.22. The summed E-state index contributed by atoms with van der Waals surface area (Å²) in [5.41, 5.74) is 1.99. The van der Waals surface area contributed by atoms with Crippen LogP contribution in [0.15, 0.2) is 53.4 Å². The highest BCUT2D eigenvalue weighted by atomic mass is 32.2. The molecule has 0 atom stereocenters. The van der Waals surface area contributed by atoms with E-state index < -0.39 is 15.6 Å². The molecule has 0 amide bonds. The lowest BCUT2D eigenvalue weighted by molar-refractivity contribution is 0.234. The second-order valence-electron chi connectivity index (χ2n) is 6.61. The molecular weight excluding hydrogens is 386 g/mol. The second-order valence-corrected chi connectivity index (χ2v) is 8.53. The van der Waals surface area contributed by atoms with Crippen molar-refractivity contribution in [3.8, 4) is 5.75 Å². The third-order valence-corrected chi connectivity index (χ3v) is 6.17. The minimum Gasteiger partial charge on any atom is -0.492 e. The fourth-order valence-electron chi connectivity index (χ4n) is 3.29. The first-order chi connectivity index (χ1) is 13.4. The van der Waals surface area contributed by atoms with Gasteiger partial charge in [-0.3, -0.25) is 4.90 Å². The van der Waals surface area contributed by atoms with Gasteiger partial charge < -0.3 is 9.64 Å². The lowest BCUT2D eigenvalue weighted by atomic mass is 10.2. The van der Waals surface area contributed by atoms with E-state index >= 15 is 0 Å². The largest absolute Gasteiger partial charge is 0.492 e. The van der Waals surface area contributed by atoms with Gasteiger partial charge in [0.15, 0.2) is 0 Å². The molecular formula is C20H24F2N2O3S. The molecule has 1 aliphatic heterocycles. The van der Waals surface area contributed by atoms with Crippen molar-refractivity contribution in [1.82, 2.24) is 4.90 Å². The Morgan fingerprint density at radius 3 is 2.25 bits per heavy atom. The van der Waals surface area contributed by atoms with Crippen molar-refractivity contribution in [3.63, 3.8) is 0 Å². The molecule has 2 aromatic rings. The van der Waals surface area contributed by atoms with Crippen LogP contribution < -0.4 is 9.64 Å². The van der Waals surface area contributed by atoms with Crippen molar-refractivity contribution < 1.29 is 21.9 Å². The average molecular weight is 410 g/mol. The van der Waals surface area contributed by atoms with Gasteiger partial charge in [0.25, 0.3) is 0 Å². The molecule has 5 nitrogen and oxygen atoms in total. The summed E-state index contributed by atoms with van der Waals surface area (Å²) in [6.07, 6.45) is 0. The molecule has 2 aromatic carbocycles. The van der Waals surface area contributed by atoms with Gasteiger partial charge in [0.05, 0.1) is 17.2 Å². The van der Waals surface area contributed by atoms with Crippen LogP contribution in [-0.4, -0.2) is 51.9 Å². The van der Waals surface area contributed by atoms with E-state index in [1.54, 1.807) is 12.1 Å². The van der Waals surface area contributed by atoms with Gasteiger partial charge in [-0.2, -0.15) is 8.78 Å². The summed E-state index contributed by atoms with van der Waals surface area (Å²) in [5, 5.41) is 0. The lowest BCUT2D eigenvalue weighted by Crippen LogP contribution is -2.46. The summed E-state index contributed by atoms with van der Waals surface area (Å²) in [4.78, 5) is 4.21. The van der Waals surface area contributed by atoms with Crippen molar-refractivity contribution in [2.24, 2.45) is 0 Å². The zero-order chi connectivity index (χ0) is 20.1. The molecule has 0 bridgehead atoms. The van der Waals surface area contributed by atoms with Gasteiger partial charge in [-0.15, -0.1) is 0 Å². The number of sulfone groups is 1. The van der Waals surface area contributed by atoms with Crippen LogP contribution in [-0.2, 0) is 16.4 Å². The summed E-state index contributed by atoms with van der Waals surface area (Å²) in [6.45, 7) is 6.62. The highest BCUT2D eigenvalue weighted by Crippen LogP contribution is 2.29. The number of alkyl halides is 2. The van der Waals surface area contributed by atoms with E-state index in [0.717, 1.165) is 43.2 Å². The molecule has 1 fully saturated rings. The molecule has 0 saturated carbocycles. The first kappa shape index (κ1) is 20.5. The summed E-state index contributed by atoms with van der Waals surface area (Å²) < 4.78 is 53.9. The van der Waals surface area contributed by atoms with Crippen molar-refractivity contribution in [2.45, 2.75) is 24.1 Å². The SMILES string of the molecule is CCOc1ccccc1N1CCN(Cc2ccc(S(=O)(=O)C(F)F)cc2)CC1. The van der Waals surface area contributed by atoms with Gasteiger partial charge in [0, 0.05) is 32.7 Å². The van der Waals surface area contributed by atoms with E-state index in [1.807, 2.05) is 25.1 Å². The molecule has 0 aliphatic carbocycles. The van der Waals surface area contributed by atoms with Crippen molar-refractivity contribution >= 4 is 15.5 Å². The van der Waals surface area contributed by atoms with Crippen LogP contribution in [0.5, 0.6) is 5.75 Å². The van der Waals surface area contributed by atoms with E-state index in [9.17, 15) is 17.2 Å². The van der Waals surface area contributed by atoms with Crippen LogP contribution in [0.3, 0.4) is 0 Å². The van der Waals surface area contributed by atoms with Crippen molar-refractivity contribution in [3.05, 3.63) is 54.1 Å². The number of ether oxygens (including phenoxy) is 1. The Labute approximate surface area is 164 Å². The smallest absolute Gasteiger partial charge is 0.341 e. The fraction of sp³-hybridized carbons (Fsp3) is 0.400. The Hall–Kier alpha value is -2.19. The topological polar surface area (TPSA) is 49.9 Å². The molecule has 0 spiro atoms. The normalized spacial score (nSPS) is 15.8. The van der Waals surface area contributed by atoms with E-state index in [-0.39, 0.29) is 4.90 Å². The predicted molar refractivity (Wildman–Crippen MR) is 105 cm³/mol. The lowest BCUT2D eigenvalue weighted by Gasteiger charge is -2.36. The average Bonchev–Trinajstić information content (AvgIpc) is 2.70. The second kappa shape index (κ2) is 8.87.